The zero-order valence-electron chi connectivity index (χ0n) is 11.6. The highest BCUT2D eigenvalue weighted by molar-refractivity contribution is 7.09. The summed E-state index contributed by atoms with van der Waals surface area (Å²) in [6.07, 6.45) is 0. The molecule has 0 saturated heterocycles. The van der Waals surface area contributed by atoms with E-state index >= 15 is 0 Å². The van der Waals surface area contributed by atoms with E-state index in [0.717, 1.165) is 29.2 Å². The first-order valence-corrected chi connectivity index (χ1v) is 7.50. The SMILES string of the molecule is Cc1ncsc1CN(C)C(=O)c1ccc2c(c1)CNC2. The lowest BCUT2D eigenvalue weighted by atomic mass is 10.1. The third-order valence-electron chi connectivity index (χ3n) is 3.66. The van der Waals surface area contributed by atoms with Gasteiger partial charge in [-0.15, -0.1) is 11.3 Å². The summed E-state index contributed by atoms with van der Waals surface area (Å²) in [7, 11) is 1.84. The molecule has 20 heavy (non-hydrogen) atoms. The molecule has 0 bridgehead atoms. The minimum Gasteiger partial charge on any atom is -0.336 e. The molecule has 1 aromatic heterocycles. The van der Waals surface area contributed by atoms with Crippen molar-refractivity contribution in [3.8, 4) is 0 Å². The van der Waals surface area contributed by atoms with Crippen molar-refractivity contribution in [2.75, 3.05) is 7.05 Å². The standard InChI is InChI=1S/C15H17N3OS/c1-10-14(20-9-17-10)8-18(2)15(19)11-3-4-12-6-16-7-13(12)5-11/h3-5,9,16H,6-8H2,1-2H3. The Morgan fingerprint density at radius 1 is 1.40 bits per heavy atom. The van der Waals surface area contributed by atoms with Gasteiger partial charge in [-0.1, -0.05) is 6.07 Å². The predicted octanol–water partition coefficient (Wildman–Crippen LogP) is 2.33. The van der Waals surface area contributed by atoms with Crippen LogP contribution in [0.1, 0.15) is 32.1 Å². The summed E-state index contributed by atoms with van der Waals surface area (Å²) in [5, 5.41) is 3.30. The maximum Gasteiger partial charge on any atom is 0.253 e. The van der Waals surface area contributed by atoms with E-state index in [1.807, 2.05) is 37.7 Å². The van der Waals surface area contributed by atoms with Crippen LogP contribution in [-0.2, 0) is 19.6 Å². The Kier molecular flexibility index (Phi) is 3.54. The zero-order chi connectivity index (χ0) is 14.1. The summed E-state index contributed by atoms with van der Waals surface area (Å²) in [5.41, 5.74) is 6.12. The zero-order valence-corrected chi connectivity index (χ0v) is 12.5. The van der Waals surface area contributed by atoms with Gasteiger partial charge in [-0.2, -0.15) is 0 Å². The maximum atomic E-state index is 12.5. The first-order valence-electron chi connectivity index (χ1n) is 6.62. The van der Waals surface area contributed by atoms with Crippen LogP contribution in [0, 0.1) is 6.92 Å². The van der Waals surface area contributed by atoms with Crippen LogP contribution in [0.5, 0.6) is 0 Å². The molecule has 1 aliphatic rings. The molecule has 0 saturated carbocycles. The number of benzene rings is 1. The van der Waals surface area contributed by atoms with Crippen molar-refractivity contribution in [3.05, 3.63) is 51.0 Å². The van der Waals surface area contributed by atoms with Crippen LogP contribution < -0.4 is 5.32 Å². The molecule has 2 heterocycles. The largest absolute Gasteiger partial charge is 0.336 e. The van der Waals surface area contributed by atoms with Crippen LogP contribution in [0.2, 0.25) is 0 Å². The number of nitrogens with zero attached hydrogens (tertiary/aromatic N) is 2. The topological polar surface area (TPSA) is 45.2 Å². The number of carbonyl (C=O) groups is 1. The fourth-order valence-electron chi connectivity index (χ4n) is 2.41. The molecular weight excluding hydrogens is 270 g/mol. The summed E-state index contributed by atoms with van der Waals surface area (Å²) in [6, 6.07) is 5.98. The summed E-state index contributed by atoms with van der Waals surface area (Å²) >= 11 is 1.60. The second-order valence-corrected chi connectivity index (χ2v) is 6.05. The molecule has 4 nitrogen and oxygen atoms in total. The smallest absolute Gasteiger partial charge is 0.253 e. The molecule has 0 atom stereocenters. The van der Waals surface area contributed by atoms with Gasteiger partial charge in [0.2, 0.25) is 0 Å². The van der Waals surface area contributed by atoms with Crippen molar-refractivity contribution >= 4 is 17.2 Å². The van der Waals surface area contributed by atoms with Crippen LogP contribution in [0.15, 0.2) is 23.7 Å². The summed E-state index contributed by atoms with van der Waals surface area (Å²) < 4.78 is 0. The van der Waals surface area contributed by atoms with Gasteiger partial charge in [0, 0.05) is 30.6 Å². The van der Waals surface area contributed by atoms with Gasteiger partial charge in [0.15, 0.2) is 0 Å². The third kappa shape index (κ3) is 2.46. The number of hydrogen-bond donors (Lipinski definition) is 1. The van der Waals surface area contributed by atoms with E-state index in [0.29, 0.717) is 6.54 Å². The molecular formula is C15H17N3OS. The molecule has 0 fully saturated rings. The van der Waals surface area contributed by atoms with Gasteiger partial charge in [0.05, 0.1) is 17.7 Å². The fourth-order valence-corrected chi connectivity index (χ4v) is 3.24. The van der Waals surface area contributed by atoms with E-state index in [1.54, 1.807) is 16.2 Å². The number of carbonyl (C=O) groups excluding carboxylic acids is 1. The molecule has 104 valence electrons. The maximum absolute atomic E-state index is 12.5. The van der Waals surface area contributed by atoms with E-state index in [2.05, 4.69) is 10.3 Å². The van der Waals surface area contributed by atoms with Crippen LogP contribution in [0.4, 0.5) is 0 Å². The highest BCUT2D eigenvalue weighted by Gasteiger charge is 2.17. The van der Waals surface area contributed by atoms with Gasteiger partial charge in [0.25, 0.3) is 5.91 Å². The van der Waals surface area contributed by atoms with Crippen LogP contribution in [0.25, 0.3) is 0 Å². The van der Waals surface area contributed by atoms with Gasteiger partial charge in [-0.25, -0.2) is 4.98 Å². The normalized spacial score (nSPS) is 13.3. The summed E-state index contributed by atoms with van der Waals surface area (Å²) in [5.74, 6) is 0.0625. The number of rotatable bonds is 3. The number of hydrogen-bond acceptors (Lipinski definition) is 4. The molecule has 0 unspecified atom stereocenters. The highest BCUT2D eigenvalue weighted by Crippen LogP contribution is 2.19. The quantitative estimate of drug-likeness (QED) is 0.942. The van der Waals surface area contributed by atoms with Crippen molar-refractivity contribution in [1.29, 1.82) is 0 Å². The Morgan fingerprint density at radius 3 is 2.95 bits per heavy atom. The third-order valence-corrected chi connectivity index (χ3v) is 4.58. The molecule has 0 radical (unpaired) electrons. The number of aromatic nitrogens is 1. The molecule has 3 rings (SSSR count). The van der Waals surface area contributed by atoms with E-state index in [-0.39, 0.29) is 5.91 Å². The fraction of sp³-hybridized carbons (Fsp3) is 0.333. The van der Waals surface area contributed by atoms with Gasteiger partial charge < -0.3 is 10.2 Å². The lowest BCUT2D eigenvalue weighted by molar-refractivity contribution is 0.0786. The van der Waals surface area contributed by atoms with Gasteiger partial charge in [0.1, 0.15) is 0 Å². The van der Waals surface area contributed by atoms with E-state index in [4.69, 9.17) is 0 Å². The van der Waals surface area contributed by atoms with E-state index in [9.17, 15) is 4.79 Å². The molecule has 1 amide bonds. The monoisotopic (exact) mass is 287 g/mol. The molecule has 1 aliphatic heterocycles. The van der Waals surface area contributed by atoms with Crippen LogP contribution >= 0.6 is 11.3 Å². The van der Waals surface area contributed by atoms with Crippen LogP contribution in [-0.4, -0.2) is 22.8 Å². The Labute approximate surface area is 122 Å². The first-order chi connectivity index (χ1) is 9.65. The van der Waals surface area contributed by atoms with E-state index in [1.165, 1.54) is 11.1 Å². The molecule has 2 aromatic rings. The number of amides is 1. The second-order valence-electron chi connectivity index (χ2n) is 5.11. The van der Waals surface area contributed by atoms with Crippen LogP contribution in [0.3, 0.4) is 0 Å². The number of thiazole rings is 1. The van der Waals surface area contributed by atoms with Crippen molar-refractivity contribution in [2.45, 2.75) is 26.6 Å². The minimum atomic E-state index is 0.0625. The van der Waals surface area contributed by atoms with Crippen molar-refractivity contribution in [2.24, 2.45) is 0 Å². The Bertz CT molecular complexity index is 650. The average molecular weight is 287 g/mol. The summed E-state index contributed by atoms with van der Waals surface area (Å²) in [6.45, 7) is 4.35. The molecule has 0 spiro atoms. The van der Waals surface area contributed by atoms with Gasteiger partial charge >= 0.3 is 0 Å². The minimum absolute atomic E-state index is 0.0625. The molecule has 5 heteroatoms. The van der Waals surface area contributed by atoms with Gasteiger partial charge in [-0.05, 0) is 30.2 Å². The number of nitrogens with one attached hydrogen (secondary N) is 1. The lowest BCUT2D eigenvalue weighted by Crippen LogP contribution is -2.26. The molecule has 1 N–H and O–H groups in total. The van der Waals surface area contributed by atoms with Gasteiger partial charge in [-0.3, -0.25) is 4.79 Å². The Balaban J connectivity index is 1.76. The first kappa shape index (κ1) is 13.3. The Hall–Kier alpha value is -1.72. The number of aryl methyl sites for hydroxylation is 1. The van der Waals surface area contributed by atoms with Crippen molar-refractivity contribution in [3.63, 3.8) is 0 Å². The molecule has 1 aromatic carbocycles. The highest BCUT2D eigenvalue weighted by atomic mass is 32.1. The molecule has 0 aliphatic carbocycles. The average Bonchev–Trinajstić information content (AvgIpc) is 3.06. The second kappa shape index (κ2) is 5.34. The lowest BCUT2D eigenvalue weighted by Gasteiger charge is -2.17. The van der Waals surface area contributed by atoms with E-state index < -0.39 is 0 Å². The Morgan fingerprint density at radius 2 is 2.20 bits per heavy atom. The van der Waals surface area contributed by atoms with Crippen molar-refractivity contribution < 1.29 is 4.79 Å². The summed E-state index contributed by atoms with van der Waals surface area (Å²) in [4.78, 5) is 19.6. The predicted molar refractivity (Wildman–Crippen MR) is 79.6 cm³/mol. The number of fused-ring (bicyclic) bond motifs is 1. The van der Waals surface area contributed by atoms with Crippen molar-refractivity contribution in [1.82, 2.24) is 15.2 Å².